The van der Waals surface area contributed by atoms with Gasteiger partial charge in [0.05, 0.1) is 16.9 Å². The van der Waals surface area contributed by atoms with Gasteiger partial charge in [-0.3, -0.25) is 19.2 Å². The molecule has 0 aliphatic rings. The summed E-state index contributed by atoms with van der Waals surface area (Å²) in [6, 6.07) is 13.4. The molecule has 0 bridgehead atoms. The molecular weight excluding hydrogens is 426 g/mol. The summed E-state index contributed by atoms with van der Waals surface area (Å²) in [5.41, 5.74) is 2.37. The smallest absolute Gasteiger partial charge is 0.271 e. The summed E-state index contributed by atoms with van der Waals surface area (Å²) in [7, 11) is -3.78. The summed E-state index contributed by atoms with van der Waals surface area (Å²) in [6.07, 6.45) is 1.71. The van der Waals surface area contributed by atoms with Crippen LogP contribution in [0.1, 0.15) is 17.5 Å². The molecule has 8 nitrogen and oxygen atoms in total. The number of non-ortho nitro benzene ring substituents is 1. The summed E-state index contributed by atoms with van der Waals surface area (Å²) in [6.45, 7) is 2.06. The maximum Gasteiger partial charge on any atom is 0.271 e. The van der Waals surface area contributed by atoms with Gasteiger partial charge >= 0.3 is 0 Å². The molecule has 0 atom stereocenters. The van der Waals surface area contributed by atoms with E-state index >= 15 is 0 Å². The normalized spacial score (nSPS) is 11.1. The first-order chi connectivity index (χ1) is 14.2. The average Bonchev–Trinajstić information content (AvgIpc) is 2.69. The molecule has 162 valence electrons. The number of nitro groups is 1. The summed E-state index contributed by atoms with van der Waals surface area (Å²) in [4.78, 5) is 22.6. The van der Waals surface area contributed by atoms with Crippen molar-refractivity contribution in [1.29, 1.82) is 0 Å². The Balaban J connectivity index is 1.83. The van der Waals surface area contributed by atoms with Crippen molar-refractivity contribution in [3.05, 3.63) is 69.8 Å². The Hall–Kier alpha value is -2.59. The van der Waals surface area contributed by atoms with Crippen molar-refractivity contribution in [3.63, 3.8) is 0 Å². The van der Waals surface area contributed by atoms with Crippen LogP contribution >= 0.6 is 11.8 Å². The number of amides is 1. The zero-order chi connectivity index (χ0) is 22.1. The fourth-order valence-corrected chi connectivity index (χ4v) is 4.59. The van der Waals surface area contributed by atoms with E-state index in [1.807, 2.05) is 12.1 Å². The number of hydrogen-bond donors (Lipinski definition) is 1. The summed E-state index contributed by atoms with van der Waals surface area (Å²) >= 11 is 1.77. The number of anilines is 1. The Kier molecular flexibility index (Phi) is 8.67. The second kappa shape index (κ2) is 11.0. The number of sulfonamides is 1. The molecule has 0 saturated heterocycles. The number of nitro benzene ring substituents is 1. The van der Waals surface area contributed by atoms with Crippen LogP contribution in [0.2, 0.25) is 0 Å². The molecule has 30 heavy (non-hydrogen) atoms. The number of rotatable bonds is 11. The SMILES string of the molecule is Cc1ccccc1CSCCCNC(=O)CN(c1cccc([N+](=O)[O-])c1)S(C)(=O)=O. The fraction of sp³-hybridized carbons (Fsp3) is 0.350. The van der Waals surface area contributed by atoms with Crippen molar-refractivity contribution >= 4 is 39.1 Å². The Morgan fingerprint density at radius 2 is 1.93 bits per heavy atom. The largest absolute Gasteiger partial charge is 0.354 e. The fourth-order valence-electron chi connectivity index (χ4n) is 2.70. The van der Waals surface area contributed by atoms with Crippen LogP contribution in [0.3, 0.4) is 0 Å². The number of thioether (sulfide) groups is 1. The second-order valence-corrected chi connectivity index (χ2v) is 9.74. The third-order valence-corrected chi connectivity index (χ3v) is 6.56. The van der Waals surface area contributed by atoms with Gasteiger partial charge in [0.1, 0.15) is 6.54 Å². The van der Waals surface area contributed by atoms with E-state index in [0.29, 0.717) is 6.54 Å². The van der Waals surface area contributed by atoms with Gasteiger partial charge in [0.15, 0.2) is 0 Å². The van der Waals surface area contributed by atoms with Crippen LogP contribution in [0, 0.1) is 17.0 Å². The first-order valence-corrected chi connectivity index (χ1v) is 12.3. The predicted octanol–water partition coefficient (Wildman–Crippen LogP) is 3.11. The zero-order valence-electron chi connectivity index (χ0n) is 16.9. The van der Waals surface area contributed by atoms with Crippen molar-refractivity contribution < 1.29 is 18.1 Å². The molecule has 0 radical (unpaired) electrons. The number of carbonyl (C=O) groups excluding carboxylic acids is 1. The van der Waals surface area contributed by atoms with E-state index in [1.54, 1.807) is 11.8 Å². The van der Waals surface area contributed by atoms with Crippen LogP contribution in [0.5, 0.6) is 0 Å². The second-order valence-electron chi connectivity index (χ2n) is 6.73. The van der Waals surface area contributed by atoms with E-state index in [4.69, 9.17) is 0 Å². The van der Waals surface area contributed by atoms with Crippen LogP contribution in [-0.2, 0) is 20.6 Å². The molecule has 2 aromatic rings. The number of aryl methyl sites for hydroxylation is 1. The van der Waals surface area contributed by atoms with Gasteiger partial charge in [0, 0.05) is 24.4 Å². The molecule has 0 unspecified atom stereocenters. The van der Waals surface area contributed by atoms with Gasteiger partial charge in [-0.2, -0.15) is 11.8 Å². The lowest BCUT2D eigenvalue weighted by Crippen LogP contribution is -2.40. The van der Waals surface area contributed by atoms with Gasteiger partial charge in [-0.15, -0.1) is 0 Å². The van der Waals surface area contributed by atoms with Gasteiger partial charge in [-0.1, -0.05) is 30.3 Å². The molecule has 0 fully saturated rings. The minimum Gasteiger partial charge on any atom is -0.354 e. The monoisotopic (exact) mass is 451 g/mol. The maximum absolute atomic E-state index is 12.2. The number of benzene rings is 2. The number of hydrogen-bond acceptors (Lipinski definition) is 6. The van der Waals surface area contributed by atoms with Gasteiger partial charge in [-0.05, 0) is 36.3 Å². The molecular formula is C20H25N3O5S2. The highest BCUT2D eigenvalue weighted by Crippen LogP contribution is 2.23. The van der Waals surface area contributed by atoms with Gasteiger partial charge < -0.3 is 5.32 Å². The van der Waals surface area contributed by atoms with Gasteiger partial charge in [0.2, 0.25) is 15.9 Å². The number of nitrogens with one attached hydrogen (secondary N) is 1. The van der Waals surface area contributed by atoms with Crippen LogP contribution in [0.15, 0.2) is 48.5 Å². The molecule has 1 amide bonds. The highest BCUT2D eigenvalue weighted by atomic mass is 32.2. The summed E-state index contributed by atoms with van der Waals surface area (Å²) < 4.78 is 25.1. The van der Waals surface area contributed by atoms with Crippen LogP contribution in [-0.4, -0.2) is 44.3 Å². The van der Waals surface area contributed by atoms with Crippen LogP contribution in [0.25, 0.3) is 0 Å². The molecule has 0 heterocycles. The maximum atomic E-state index is 12.2. The summed E-state index contributed by atoms with van der Waals surface area (Å²) in [5, 5.41) is 13.7. The molecule has 2 aromatic carbocycles. The molecule has 0 saturated carbocycles. The first-order valence-electron chi connectivity index (χ1n) is 9.29. The van der Waals surface area contributed by atoms with Gasteiger partial charge in [0.25, 0.3) is 5.69 Å². The van der Waals surface area contributed by atoms with E-state index < -0.39 is 27.4 Å². The molecule has 0 spiro atoms. The number of carbonyl (C=O) groups is 1. The highest BCUT2D eigenvalue weighted by molar-refractivity contribution is 7.98. The number of nitrogens with zero attached hydrogens (tertiary/aromatic N) is 2. The van der Waals surface area contributed by atoms with E-state index in [0.717, 1.165) is 34.6 Å². The minimum absolute atomic E-state index is 0.0793. The quantitative estimate of drug-likeness (QED) is 0.319. The Morgan fingerprint density at radius 3 is 2.60 bits per heavy atom. The van der Waals surface area contributed by atoms with E-state index in [1.165, 1.54) is 29.3 Å². The van der Waals surface area contributed by atoms with Gasteiger partial charge in [-0.25, -0.2) is 8.42 Å². The van der Waals surface area contributed by atoms with E-state index in [-0.39, 0.29) is 11.4 Å². The topological polar surface area (TPSA) is 110 Å². The molecule has 0 aromatic heterocycles. The van der Waals surface area contributed by atoms with Crippen LogP contribution in [0.4, 0.5) is 11.4 Å². The van der Waals surface area contributed by atoms with E-state index in [9.17, 15) is 23.3 Å². The van der Waals surface area contributed by atoms with Crippen molar-refractivity contribution in [1.82, 2.24) is 5.32 Å². The van der Waals surface area contributed by atoms with E-state index in [2.05, 4.69) is 24.4 Å². The Labute approximate surface area is 180 Å². The third kappa shape index (κ3) is 7.34. The molecule has 2 rings (SSSR count). The standard InChI is InChI=1S/C20H25N3O5S2/c1-16-7-3-4-8-17(16)15-29-12-6-11-21-20(24)14-22(30(2,27)28)18-9-5-10-19(13-18)23(25)26/h3-5,7-10,13H,6,11-12,14-15H2,1-2H3,(H,21,24). The third-order valence-electron chi connectivity index (χ3n) is 4.32. The van der Waals surface area contributed by atoms with Crippen molar-refractivity contribution in [2.45, 2.75) is 19.1 Å². The molecule has 10 heteroatoms. The molecule has 1 N–H and O–H groups in total. The Bertz CT molecular complexity index is 995. The molecule has 0 aliphatic heterocycles. The summed E-state index contributed by atoms with van der Waals surface area (Å²) in [5.74, 6) is 1.29. The lowest BCUT2D eigenvalue weighted by atomic mass is 10.1. The lowest BCUT2D eigenvalue weighted by molar-refractivity contribution is -0.384. The van der Waals surface area contributed by atoms with Crippen molar-refractivity contribution in [2.24, 2.45) is 0 Å². The Morgan fingerprint density at radius 1 is 1.20 bits per heavy atom. The zero-order valence-corrected chi connectivity index (χ0v) is 18.5. The minimum atomic E-state index is -3.78. The molecule has 0 aliphatic carbocycles. The average molecular weight is 452 g/mol. The van der Waals surface area contributed by atoms with Crippen molar-refractivity contribution in [2.75, 3.05) is 29.4 Å². The highest BCUT2D eigenvalue weighted by Gasteiger charge is 2.22. The lowest BCUT2D eigenvalue weighted by Gasteiger charge is -2.21. The van der Waals surface area contributed by atoms with Crippen LogP contribution < -0.4 is 9.62 Å². The predicted molar refractivity (Wildman–Crippen MR) is 120 cm³/mol. The van der Waals surface area contributed by atoms with Crippen molar-refractivity contribution in [3.8, 4) is 0 Å². The first kappa shape index (κ1) is 23.7.